The van der Waals surface area contributed by atoms with Crippen LogP contribution in [-0.2, 0) is 0 Å². The average molecular weight is 244 g/mol. The molecule has 0 fully saturated rings. The largest absolute Gasteiger partial charge is 0.294 e. The van der Waals surface area contributed by atoms with Crippen LogP contribution in [0.3, 0.4) is 0 Å². The molecule has 1 aliphatic carbocycles. The van der Waals surface area contributed by atoms with Gasteiger partial charge in [-0.25, -0.2) is 0 Å². The smallest absolute Gasteiger partial charge is 0.195 e. The van der Waals surface area contributed by atoms with Gasteiger partial charge >= 0.3 is 0 Å². The summed E-state index contributed by atoms with van der Waals surface area (Å²) in [7, 11) is 0. The van der Waals surface area contributed by atoms with Crippen molar-refractivity contribution in [3.8, 4) is 12.1 Å². The molecule has 0 bridgehead atoms. The van der Waals surface area contributed by atoms with Crippen LogP contribution >= 0.6 is 0 Å². The molecule has 2 rings (SSSR count). The molecule has 0 amide bonds. The molecule has 0 saturated carbocycles. The number of carbonyl (C=O) groups is 1. The van der Waals surface area contributed by atoms with E-state index in [-0.39, 0.29) is 29.2 Å². The first-order chi connectivity index (χ1) is 9.15. The third kappa shape index (κ3) is 1.73. The van der Waals surface area contributed by atoms with Crippen molar-refractivity contribution in [2.24, 2.45) is 0 Å². The van der Waals surface area contributed by atoms with E-state index in [0.717, 1.165) is 0 Å². The molecule has 1 aromatic rings. The van der Waals surface area contributed by atoms with Crippen LogP contribution in [0.4, 0.5) is 11.4 Å². The van der Waals surface area contributed by atoms with Gasteiger partial charge in [0.05, 0.1) is 13.1 Å². The lowest BCUT2D eigenvalue weighted by atomic mass is 10.0. The van der Waals surface area contributed by atoms with Crippen molar-refractivity contribution >= 4 is 22.7 Å². The fraction of sp³-hybridized carbons (Fsp3) is 0.0714. The Morgan fingerprint density at radius 1 is 1.11 bits per heavy atom. The van der Waals surface area contributed by atoms with E-state index in [0.29, 0.717) is 16.7 Å². The predicted octanol–water partition coefficient (Wildman–Crippen LogP) is 3.18. The van der Waals surface area contributed by atoms with E-state index in [9.17, 15) is 4.79 Å². The van der Waals surface area contributed by atoms with E-state index >= 15 is 0 Å². The third-order valence-corrected chi connectivity index (χ3v) is 2.84. The summed E-state index contributed by atoms with van der Waals surface area (Å²) in [6.45, 7) is 14.0. The molecule has 0 unspecified atom stereocenters. The average Bonchev–Trinajstić information content (AvgIpc) is 2.75. The maximum absolute atomic E-state index is 11.8. The molecule has 5 heteroatoms. The van der Waals surface area contributed by atoms with Crippen LogP contribution in [0.2, 0.25) is 0 Å². The van der Waals surface area contributed by atoms with E-state index in [1.807, 2.05) is 0 Å². The first kappa shape index (κ1) is 12.1. The van der Waals surface area contributed by atoms with Crippen molar-refractivity contribution in [3.05, 3.63) is 51.7 Å². The van der Waals surface area contributed by atoms with E-state index in [1.165, 1.54) is 12.1 Å². The molecule has 5 nitrogen and oxygen atoms in total. The second kappa shape index (κ2) is 4.46. The van der Waals surface area contributed by atoms with E-state index in [2.05, 4.69) is 9.69 Å². The van der Waals surface area contributed by atoms with Crippen molar-refractivity contribution in [2.75, 3.05) is 0 Å². The molecule has 0 spiro atoms. The Hall–Kier alpha value is -3.41. The van der Waals surface area contributed by atoms with E-state index in [4.69, 9.17) is 23.7 Å². The lowest BCUT2D eigenvalue weighted by molar-refractivity contribution is 0.100. The Labute approximate surface area is 109 Å². The Morgan fingerprint density at radius 2 is 1.63 bits per heavy atom. The van der Waals surface area contributed by atoms with Gasteiger partial charge in [0.2, 0.25) is 0 Å². The molecule has 0 heterocycles. The molecule has 1 aliphatic rings. The Balaban J connectivity index is 2.83. The normalized spacial score (nSPS) is 11.8. The summed E-state index contributed by atoms with van der Waals surface area (Å²) < 4.78 is 0. The molecule has 0 N–H and O–H groups in total. The number of fused-ring (bicyclic) bond motifs is 1. The predicted molar refractivity (Wildman–Crippen MR) is 66.1 cm³/mol. The standard InChI is InChI=1S/C14H4N4O/c1-17-12-3-10-9(8(6-15)7-16)5-14(19)11(10)4-13(12)18-2/h3-4H,5H2. The van der Waals surface area contributed by atoms with Gasteiger partial charge in [0.15, 0.2) is 17.2 Å². The lowest BCUT2D eigenvalue weighted by Crippen LogP contribution is -1.89. The van der Waals surface area contributed by atoms with Crippen LogP contribution in [0.15, 0.2) is 17.7 Å². The van der Waals surface area contributed by atoms with Crippen LogP contribution in [0, 0.1) is 35.8 Å². The monoisotopic (exact) mass is 244 g/mol. The van der Waals surface area contributed by atoms with Gasteiger partial charge in [0.25, 0.3) is 0 Å². The van der Waals surface area contributed by atoms with Crippen LogP contribution in [0.1, 0.15) is 22.3 Å². The minimum atomic E-state index is -0.241. The highest BCUT2D eigenvalue weighted by Gasteiger charge is 2.28. The minimum absolute atomic E-state index is 0.0370. The molecule has 0 radical (unpaired) electrons. The highest BCUT2D eigenvalue weighted by atomic mass is 16.1. The number of allylic oxidation sites excluding steroid dienone is 2. The van der Waals surface area contributed by atoms with Crippen molar-refractivity contribution in [3.63, 3.8) is 0 Å². The molecule has 86 valence electrons. The number of hydrogen-bond donors (Lipinski definition) is 0. The van der Waals surface area contributed by atoms with Crippen molar-refractivity contribution in [2.45, 2.75) is 6.42 Å². The first-order valence-corrected chi connectivity index (χ1v) is 5.16. The number of hydrogen-bond acceptors (Lipinski definition) is 3. The van der Waals surface area contributed by atoms with Gasteiger partial charge in [-0.2, -0.15) is 10.5 Å². The van der Waals surface area contributed by atoms with Gasteiger partial charge in [-0.3, -0.25) is 14.5 Å². The molecule has 0 aromatic heterocycles. The Morgan fingerprint density at radius 3 is 2.11 bits per heavy atom. The van der Waals surface area contributed by atoms with Crippen LogP contribution < -0.4 is 0 Å². The van der Waals surface area contributed by atoms with Gasteiger partial charge in [0.1, 0.15) is 17.7 Å². The maximum atomic E-state index is 11.8. The van der Waals surface area contributed by atoms with Crippen LogP contribution in [-0.4, -0.2) is 5.78 Å². The van der Waals surface area contributed by atoms with Gasteiger partial charge in [0, 0.05) is 12.0 Å². The van der Waals surface area contributed by atoms with Crippen molar-refractivity contribution < 1.29 is 4.79 Å². The molecule has 0 atom stereocenters. The molecular formula is C14H4N4O. The van der Waals surface area contributed by atoms with Crippen LogP contribution in [0.25, 0.3) is 15.3 Å². The minimum Gasteiger partial charge on any atom is -0.294 e. The molecular weight excluding hydrogens is 240 g/mol. The highest BCUT2D eigenvalue weighted by Crippen LogP contribution is 2.41. The zero-order valence-corrected chi connectivity index (χ0v) is 9.56. The number of nitrogens with zero attached hydrogens (tertiary/aromatic N) is 4. The zero-order chi connectivity index (χ0) is 14.0. The number of benzene rings is 1. The zero-order valence-electron chi connectivity index (χ0n) is 9.56. The first-order valence-electron chi connectivity index (χ1n) is 5.16. The second-order valence-corrected chi connectivity index (χ2v) is 3.79. The van der Waals surface area contributed by atoms with Gasteiger partial charge in [-0.05, 0) is 11.1 Å². The summed E-state index contributed by atoms with van der Waals surface area (Å²) in [5, 5.41) is 17.7. The second-order valence-electron chi connectivity index (χ2n) is 3.79. The summed E-state index contributed by atoms with van der Waals surface area (Å²) in [6, 6.07) is 6.26. The Bertz CT molecular complexity index is 788. The fourth-order valence-corrected chi connectivity index (χ4v) is 1.97. The fourth-order valence-electron chi connectivity index (χ4n) is 1.97. The highest BCUT2D eigenvalue weighted by molar-refractivity contribution is 6.14. The van der Waals surface area contributed by atoms with Gasteiger partial charge in [-0.15, -0.1) is 0 Å². The van der Waals surface area contributed by atoms with E-state index < -0.39 is 0 Å². The van der Waals surface area contributed by atoms with Crippen LogP contribution in [0.5, 0.6) is 0 Å². The number of carbonyl (C=O) groups excluding carboxylic acids is 1. The summed E-state index contributed by atoms with van der Waals surface area (Å²) in [5.74, 6) is -0.241. The number of Topliss-reactive ketones (excluding diaryl/α,β-unsaturated/α-hetero) is 1. The summed E-state index contributed by atoms with van der Waals surface area (Å²) in [5.41, 5.74) is 1.16. The quantitative estimate of drug-likeness (QED) is 0.519. The summed E-state index contributed by atoms with van der Waals surface area (Å²) >= 11 is 0. The van der Waals surface area contributed by atoms with Crippen molar-refractivity contribution in [1.82, 2.24) is 0 Å². The molecule has 1 aromatic carbocycles. The lowest BCUT2D eigenvalue weighted by Gasteiger charge is -2.02. The maximum Gasteiger partial charge on any atom is 0.195 e. The number of ketones is 1. The SMILES string of the molecule is [C-]#[N+]c1cc2c(cc1[N+]#[C-])C(=C(C#N)C#N)CC2=O. The van der Waals surface area contributed by atoms with E-state index in [1.54, 1.807) is 12.1 Å². The van der Waals surface area contributed by atoms with Crippen molar-refractivity contribution in [1.29, 1.82) is 10.5 Å². The number of rotatable bonds is 0. The summed E-state index contributed by atoms with van der Waals surface area (Å²) in [4.78, 5) is 18.3. The molecule has 0 aliphatic heterocycles. The Kier molecular flexibility index (Phi) is 2.83. The molecule has 0 saturated heterocycles. The number of nitriles is 2. The third-order valence-electron chi connectivity index (χ3n) is 2.84. The topological polar surface area (TPSA) is 73.4 Å². The van der Waals surface area contributed by atoms with Gasteiger partial charge < -0.3 is 0 Å². The summed E-state index contributed by atoms with van der Waals surface area (Å²) in [6.07, 6.45) is -0.0370. The molecule has 19 heavy (non-hydrogen) atoms. The van der Waals surface area contributed by atoms with Gasteiger partial charge in [-0.1, -0.05) is 12.1 Å².